The van der Waals surface area contributed by atoms with Crippen LogP contribution in [0.3, 0.4) is 0 Å². The number of carbonyl (C=O) groups is 1. The van der Waals surface area contributed by atoms with Crippen molar-refractivity contribution in [3.63, 3.8) is 0 Å². The van der Waals surface area contributed by atoms with Crippen LogP contribution < -0.4 is 10.6 Å². The molecule has 9 heteroatoms. The number of carbonyl (C=O) groups excluding carboxylic acids is 1. The lowest BCUT2D eigenvalue weighted by atomic mass is 10.1. The van der Waals surface area contributed by atoms with Crippen LogP contribution in [-0.4, -0.2) is 67.8 Å². The third kappa shape index (κ3) is 7.08. The summed E-state index contributed by atoms with van der Waals surface area (Å²) in [6, 6.07) is -1.60. The van der Waals surface area contributed by atoms with Crippen LogP contribution in [0.15, 0.2) is 0 Å². The van der Waals surface area contributed by atoms with Gasteiger partial charge in [0.2, 0.25) is 5.91 Å². The minimum absolute atomic E-state index is 0. The van der Waals surface area contributed by atoms with Gasteiger partial charge >= 0.3 is 6.18 Å². The molecule has 0 radical (unpaired) electrons. The quantitative estimate of drug-likeness (QED) is 0.760. The summed E-state index contributed by atoms with van der Waals surface area (Å²) in [5.74, 6) is 0.0153. The van der Waals surface area contributed by atoms with Crippen LogP contribution in [-0.2, 0) is 4.79 Å². The van der Waals surface area contributed by atoms with Crippen molar-refractivity contribution in [2.45, 2.75) is 19.1 Å². The fourth-order valence-corrected chi connectivity index (χ4v) is 2.79. The van der Waals surface area contributed by atoms with Gasteiger partial charge in [-0.05, 0) is 6.26 Å². The summed E-state index contributed by atoms with van der Waals surface area (Å²) in [7, 11) is 0. The minimum atomic E-state index is -4.33. The number of nitrogens with zero attached hydrogens (tertiary/aromatic N) is 1. The van der Waals surface area contributed by atoms with E-state index in [4.69, 9.17) is 0 Å². The largest absolute Gasteiger partial charge is 0.405 e. The predicted octanol–water partition coefficient (Wildman–Crippen LogP) is 1.36. The van der Waals surface area contributed by atoms with Crippen LogP contribution in [0, 0.1) is 5.92 Å². The van der Waals surface area contributed by atoms with Crippen LogP contribution in [0.2, 0.25) is 0 Å². The normalized spacial score (nSPS) is 19.5. The van der Waals surface area contributed by atoms with Crippen LogP contribution in [0.4, 0.5) is 13.2 Å². The SMILES string of the molecule is CSCC(C)C(=O)NCC(N1CCNCC1)C(F)(F)F.Cl. The van der Waals surface area contributed by atoms with Gasteiger partial charge in [0.25, 0.3) is 0 Å². The van der Waals surface area contributed by atoms with E-state index in [1.54, 1.807) is 6.92 Å². The first-order chi connectivity index (χ1) is 9.36. The van der Waals surface area contributed by atoms with Gasteiger partial charge in [-0.3, -0.25) is 9.69 Å². The second-order valence-corrected chi connectivity index (χ2v) is 5.86. The Morgan fingerprint density at radius 1 is 1.38 bits per heavy atom. The van der Waals surface area contributed by atoms with Gasteiger partial charge in [-0.25, -0.2) is 0 Å². The number of amides is 1. The topological polar surface area (TPSA) is 44.4 Å². The van der Waals surface area contributed by atoms with Crippen molar-refractivity contribution in [3.8, 4) is 0 Å². The number of halogens is 4. The maximum atomic E-state index is 13.1. The number of rotatable bonds is 6. The molecule has 0 bridgehead atoms. The van der Waals surface area contributed by atoms with Crippen LogP contribution in [0.1, 0.15) is 6.92 Å². The summed E-state index contributed by atoms with van der Waals surface area (Å²) in [4.78, 5) is 13.1. The Bertz CT molecular complexity index is 315. The van der Waals surface area contributed by atoms with Crippen LogP contribution >= 0.6 is 24.2 Å². The average molecular weight is 350 g/mol. The first-order valence-electron chi connectivity index (χ1n) is 6.64. The maximum Gasteiger partial charge on any atom is 0.405 e. The summed E-state index contributed by atoms with van der Waals surface area (Å²) in [6.45, 7) is 3.13. The molecule has 0 aliphatic carbocycles. The lowest BCUT2D eigenvalue weighted by Crippen LogP contribution is -2.57. The van der Waals surface area contributed by atoms with Gasteiger partial charge in [0.1, 0.15) is 6.04 Å². The summed E-state index contributed by atoms with van der Waals surface area (Å²) < 4.78 is 39.3. The van der Waals surface area contributed by atoms with Gasteiger partial charge in [-0.1, -0.05) is 6.92 Å². The summed E-state index contributed by atoms with van der Waals surface area (Å²) >= 11 is 1.50. The molecule has 126 valence electrons. The highest BCUT2D eigenvalue weighted by Crippen LogP contribution is 2.24. The Balaban J connectivity index is 0.00000400. The van der Waals surface area contributed by atoms with Gasteiger partial charge in [-0.2, -0.15) is 24.9 Å². The lowest BCUT2D eigenvalue weighted by Gasteiger charge is -2.36. The van der Waals surface area contributed by atoms with Gasteiger partial charge in [0.15, 0.2) is 0 Å². The number of piperazine rings is 1. The van der Waals surface area contributed by atoms with Crippen molar-refractivity contribution in [2.24, 2.45) is 5.92 Å². The van der Waals surface area contributed by atoms with E-state index in [1.807, 2.05) is 6.26 Å². The molecule has 21 heavy (non-hydrogen) atoms. The maximum absolute atomic E-state index is 13.1. The number of hydrogen-bond donors (Lipinski definition) is 2. The number of alkyl halides is 3. The van der Waals surface area contributed by atoms with Crippen molar-refractivity contribution >= 4 is 30.1 Å². The molecule has 0 aromatic carbocycles. The summed E-state index contributed by atoms with van der Waals surface area (Å²) in [5, 5.41) is 5.46. The second-order valence-electron chi connectivity index (χ2n) is 4.94. The Morgan fingerprint density at radius 3 is 2.43 bits per heavy atom. The lowest BCUT2D eigenvalue weighted by molar-refractivity contribution is -0.184. The van der Waals surface area contributed by atoms with Crippen molar-refractivity contribution in [1.29, 1.82) is 0 Å². The van der Waals surface area contributed by atoms with Crippen molar-refractivity contribution in [1.82, 2.24) is 15.5 Å². The third-order valence-corrected chi connectivity index (χ3v) is 4.14. The zero-order chi connectivity index (χ0) is 15.2. The Hall–Kier alpha value is -0.180. The summed E-state index contributed by atoms with van der Waals surface area (Å²) in [5.41, 5.74) is 0. The minimum Gasteiger partial charge on any atom is -0.354 e. The Kier molecular flexibility index (Phi) is 9.68. The predicted molar refractivity (Wildman–Crippen MR) is 82.1 cm³/mol. The standard InChI is InChI=1S/C12H22F3N3OS.ClH/c1-9(8-20-2)11(19)17-7-10(12(13,14)15)18-5-3-16-4-6-18;/h9-10,16H,3-8H2,1-2H3,(H,17,19);1H. The molecule has 1 amide bonds. The molecule has 0 aromatic rings. The van der Waals surface area contributed by atoms with E-state index in [2.05, 4.69) is 10.6 Å². The van der Waals surface area contributed by atoms with Crippen molar-refractivity contribution in [3.05, 3.63) is 0 Å². The van der Waals surface area contributed by atoms with E-state index >= 15 is 0 Å². The molecule has 1 rings (SSSR count). The molecular formula is C12H23ClF3N3OS. The van der Waals surface area contributed by atoms with E-state index in [0.29, 0.717) is 31.9 Å². The van der Waals surface area contributed by atoms with Crippen LogP contribution in [0.5, 0.6) is 0 Å². The highest BCUT2D eigenvalue weighted by molar-refractivity contribution is 7.98. The highest BCUT2D eigenvalue weighted by Gasteiger charge is 2.43. The summed E-state index contributed by atoms with van der Waals surface area (Å²) in [6.07, 6.45) is -2.46. The molecular weight excluding hydrogens is 327 g/mol. The molecule has 1 fully saturated rings. The number of nitrogens with one attached hydrogen (secondary N) is 2. The average Bonchev–Trinajstić information content (AvgIpc) is 2.38. The van der Waals surface area contributed by atoms with Gasteiger partial charge in [0, 0.05) is 44.4 Å². The molecule has 1 aliphatic heterocycles. The molecule has 1 heterocycles. The Labute approximate surface area is 134 Å². The van der Waals surface area contributed by atoms with E-state index in [9.17, 15) is 18.0 Å². The Morgan fingerprint density at radius 2 is 1.95 bits per heavy atom. The van der Waals surface area contributed by atoms with Crippen molar-refractivity contribution < 1.29 is 18.0 Å². The van der Waals surface area contributed by atoms with Crippen LogP contribution in [0.25, 0.3) is 0 Å². The molecule has 0 spiro atoms. The first kappa shape index (κ1) is 20.8. The van der Waals surface area contributed by atoms with Crippen molar-refractivity contribution in [2.75, 3.05) is 44.7 Å². The van der Waals surface area contributed by atoms with E-state index < -0.39 is 12.2 Å². The molecule has 0 aromatic heterocycles. The highest BCUT2D eigenvalue weighted by atomic mass is 35.5. The monoisotopic (exact) mass is 349 g/mol. The van der Waals surface area contributed by atoms with E-state index in [-0.39, 0.29) is 30.8 Å². The fraction of sp³-hybridized carbons (Fsp3) is 0.917. The fourth-order valence-electron chi connectivity index (χ4n) is 2.14. The smallest absolute Gasteiger partial charge is 0.354 e. The molecule has 2 unspecified atom stereocenters. The molecule has 2 N–H and O–H groups in total. The van der Waals surface area contributed by atoms with E-state index in [1.165, 1.54) is 16.7 Å². The molecule has 0 saturated carbocycles. The number of thioether (sulfide) groups is 1. The molecule has 1 aliphatic rings. The van der Waals surface area contributed by atoms with Gasteiger partial charge in [-0.15, -0.1) is 12.4 Å². The molecule has 4 nitrogen and oxygen atoms in total. The molecule has 2 atom stereocenters. The van der Waals surface area contributed by atoms with Gasteiger partial charge < -0.3 is 10.6 Å². The first-order valence-corrected chi connectivity index (χ1v) is 8.03. The zero-order valence-electron chi connectivity index (χ0n) is 12.2. The molecule has 1 saturated heterocycles. The second kappa shape index (κ2) is 9.76. The zero-order valence-corrected chi connectivity index (χ0v) is 13.8. The van der Waals surface area contributed by atoms with E-state index in [0.717, 1.165) is 0 Å². The van der Waals surface area contributed by atoms with Gasteiger partial charge in [0.05, 0.1) is 0 Å². The number of hydrogen-bond acceptors (Lipinski definition) is 4. The third-order valence-electron chi connectivity index (χ3n) is 3.30.